The second kappa shape index (κ2) is 7.40. The van der Waals surface area contributed by atoms with Gasteiger partial charge in [-0.3, -0.25) is 0 Å². The molecular weight excluding hydrogens is 280 g/mol. The summed E-state index contributed by atoms with van der Waals surface area (Å²) in [6, 6.07) is 8.87. The van der Waals surface area contributed by atoms with E-state index in [2.05, 4.69) is 32.3 Å². The largest absolute Gasteiger partial charge is 0.465 e. The monoisotopic (exact) mass is 300 g/mol. The van der Waals surface area contributed by atoms with Crippen LogP contribution >= 0.6 is 0 Å². The fraction of sp³-hybridized carbons (Fsp3) is 0.312. The van der Waals surface area contributed by atoms with E-state index in [-0.39, 0.29) is 5.97 Å². The van der Waals surface area contributed by atoms with Gasteiger partial charge in [0, 0.05) is 24.0 Å². The number of rotatable bonds is 6. The maximum atomic E-state index is 11.4. The summed E-state index contributed by atoms with van der Waals surface area (Å²) in [5.41, 5.74) is 2.19. The Morgan fingerprint density at radius 2 is 1.95 bits per heavy atom. The second-order valence-corrected chi connectivity index (χ2v) is 4.84. The highest BCUT2D eigenvalue weighted by atomic mass is 16.5. The van der Waals surface area contributed by atoms with Crippen LogP contribution in [-0.4, -0.2) is 29.6 Å². The maximum Gasteiger partial charge on any atom is 0.337 e. The van der Waals surface area contributed by atoms with Crippen molar-refractivity contribution in [3.63, 3.8) is 0 Å². The van der Waals surface area contributed by atoms with Crippen molar-refractivity contribution in [3.8, 4) is 0 Å². The summed E-state index contributed by atoms with van der Waals surface area (Å²) in [4.78, 5) is 20.2. The SMILES string of the molecule is CCCNc1cc(C)nc(Nc2ccc(C(=O)OC)cc2)n1. The van der Waals surface area contributed by atoms with Gasteiger partial charge in [-0.1, -0.05) is 6.92 Å². The van der Waals surface area contributed by atoms with E-state index in [0.29, 0.717) is 11.5 Å². The number of carbonyl (C=O) groups excluding carboxylic acids is 1. The molecule has 0 atom stereocenters. The average Bonchev–Trinajstić information content (AvgIpc) is 2.52. The van der Waals surface area contributed by atoms with E-state index in [1.165, 1.54) is 7.11 Å². The third kappa shape index (κ3) is 4.18. The van der Waals surface area contributed by atoms with Gasteiger partial charge < -0.3 is 15.4 Å². The van der Waals surface area contributed by atoms with Gasteiger partial charge in [0.15, 0.2) is 0 Å². The van der Waals surface area contributed by atoms with Gasteiger partial charge >= 0.3 is 5.97 Å². The van der Waals surface area contributed by atoms with Gasteiger partial charge in [0.05, 0.1) is 12.7 Å². The number of aryl methyl sites for hydroxylation is 1. The minimum absolute atomic E-state index is 0.357. The Hall–Kier alpha value is -2.63. The summed E-state index contributed by atoms with van der Waals surface area (Å²) in [6.45, 7) is 4.89. The first-order valence-electron chi connectivity index (χ1n) is 7.17. The fourth-order valence-corrected chi connectivity index (χ4v) is 1.90. The number of hydrogen-bond donors (Lipinski definition) is 2. The predicted molar refractivity (Wildman–Crippen MR) is 86.6 cm³/mol. The van der Waals surface area contributed by atoms with Gasteiger partial charge in [-0.2, -0.15) is 4.98 Å². The average molecular weight is 300 g/mol. The molecule has 116 valence electrons. The lowest BCUT2D eigenvalue weighted by atomic mass is 10.2. The van der Waals surface area contributed by atoms with Crippen LogP contribution in [0.25, 0.3) is 0 Å². The van der Waals surface area contributed by atoms with E-state index in [0.717, 1.165) is 30.2 Å². The molecule has 0 radical (unpaired) electrons. The van der Waals surface area contributed by atoms with Gasteiger partial charge in [0.1, 0.15) is 5.82 Å². The number of nitrogens with one attached hydrogen (secondary N) is 2. The molecule has 0 bridgehead atoms. The van der Waals surface area contributed by atoms with E-state index >= 15 is 0 Å². The van der Waals surface area contributed by atoms with Crippen LogP contribution in [0.15, 0.2) is 30.3 Å². The molecule has 0 unspecified atom stereocenters. The first-order valence-corrected chi connectivity index (χ1v) is 7.17. The molecule has 0 aliphatic carbocycles. The summed E-state index contributed by atoms with van der Waals surface area (Å²) < 4.78 is 4.67. The molecule has 2 aromatic rings. The minimum atomic E-state index is -0.357. The molecule has 0 aliphatic rings. The number of hydrogen-bond acceptors (Lipinski definition) is 6. The molecule has 0 spiro atoms. The van der Waals surface area contributed by atoms with E-state index in [4.69, 9.17) is 0 Å². The van der Waals surface area contributed by atoms with Crippen LogP contribution in [0.4, 0.5) is 17.5 Å². The number of benzene rings is 1. The van der Waals surface area contributed by atoms with Crippen molar-refractivity contribution in [1.29, 1.82) is 0 Å². The van der Waals surface area contributed by atoms with E-state index < -0.39 is 0 Å². The van der Waals surface area contributed by atoms with E-state index in [1.54, 1.807) is 24.3 Å². The van der Waals surface area contributed by atoms with Crippen molar-refractivity contribution in [3.05, 3.63) is 41.6 Å². The first kappa shape index (κ1) is 15.8. The van der Waals surface area contributed by atoms with Crippen LogP contribution < -0.4 is 10.6 Å². The summed E-state index contributed by atoms with van der Waals surface area (Å²) in [5, 5.41) is 6.37. The smallest absolute Gasteiger partial charge is 0.337 e. The summed E-state index contributed by atoms with van der Waals surface area (Å²) >= 11 is 0. The standard InChI is InChI=1S/C16H20N4O2/c1-4-9-17-14-10-11(2)18-16(20-14)19-13-7-5-12(6-8-13)15(21)22-3/h5-8,10H,4,9H2,1-3H3,(H2,17,18,19,20). The number of esters is 1. The fourth-order valence-electron chi connectivity index (χ4n) is 1.90. The van der Waals surface area contributed by atoms with Crippen molar-refractivity contribution in [1.82, 2.24) is 9.97 Å². The van der Waals surface area contributed by atoms with E-state index in [9.17, 15) is 4.79 Å². The zero-order valence-electron chi connectivity index (χ0n) is 13.0. The molecule has 1 aromatic carbocycles. The topological polar surface area (TPSA) is 76.1 Å². The number of aromatic nitrogens is 2. The highest BCUT2D eigenvalue weighted by Gasteiger charge is 2.06. The molecule has 0 aliphatic heterocycles. The third-order valence-electron chi connectivity index (χ3n) is 2.97. The number of nitrogens with zero attached hydrogens (tertiary/aromatic N) is 2. The van der Waals surface area contributed by atoms with Crippen LogP contribution in [0, 0.1) is 6.92 Å². The Balaban J connectivity index is 2.12. The molecule has 0 fully saturated rings. The number of ether oxygens (including phenoxy) is 1. The molecule has 2 N–H and O–H groups in total. The van der Waals surface area contributed by atoms with Crippen LogP contribution in [-0.2, 0) is 4.74 Å². The Kier molecular flexibility index (Phi) is 5.30. The zero-order valence-corrected chi connectivity index (χ0v) is 13.0. The van der Waals surface area contributed by atoms with Crippen LogP contribution in [0.3, 0.4) is 0 Å². The van der Waals surface area contributed by atoms with Crippen LogP contribution in [0.5, 0.6) is 0 Å². The molecule has 6 nitrogen and oxygen atoms in total. The third-order valence-corrected chi connectivity index (χ3v) is 2.97. The lowest BCUT2D eigenvalue weighted by Crippen LogP contribution is -2.06. The Morgan fingerprint density at radius 3 is 2.59 bits per heavy atom. The van der Waals surface area contributed by atoms with Crippen molar-refractivity contribution in [2.45, 2.75) is 20.3 Å². The van der Waals surface area contributed by atoms with Crippen LogP contribution in [0.1, 0.15) is 29.4 Å². The highest BCUT2D eigenvalue weighted by Crippen LogP contribution is 2.17. The lowest BCUT2D eigenvalue weighted by molar-refractivity contribution is 0.0601. The highest BCUT2D eigenvalue weighted by molar-refractivity contribution is 5.89. The number of carbonyl (C=O) groups is 1. The maximum absolute atomic E-state index is 11.4. The first-order chi connectivity index (χ1) is 10.6. The van der Waals surface area contributed by atoms with Gasteiger partial charge in [0.25, 0.3) is 0 Å². The summed E-state index contributed by atoms with van der Waals surface area (Å²) in [7, 11) is 1.36. The van der Waals surface area contributed by atoms with Crippen molar-refractivity contribution < 1.29 is 9.53 Å². The van der Waals surface area contributed by atoms with Crippen LogP contribution in [0.2, 0.25) is 0 Å². The zero-order chi connectivity index (χ0) is 15.9. The van der Waals surface area contributed by atoms with Crippen molar-refractivity contribution in [2.24, 2.45) is 0 Å². The van der Waals surface area contributed by atoms with Crippen molar-refractivity contribution >= 4 is 23.4 Å². The van der Waals surface area contributed by atoms with Crippen molar-refractivity contribution in [2.75, 3.05) is 24.3 Å². The summed E-state index contributed by atoms with van der Waals surface area (Å²) in [6.07, 6.45) is 1.03. The van der Waals surface area contributed by atoms with Gasteiger partial charge in [-0.05, 0) is 37.6 Å². The quantitative estimate of drug-likeness (QED) is 0.798. The molecule has 0 saturated carbocycles. The van der Waals surface area contributed by atoms with E-state index in [1.807, 2.05) is 13.0 Å². The number of methoxy groups -OCH3 is 1. The molecule has 1 heterocycles. The minimum Gasteiger partial charge on any atom is -0.465 e. The Bertz CT molecular complexity index is 641. The molecule has 22 heavy (non-hydrogen) atoms. The molecule has 2 rings (SSSR count). The van der Waals surface area contributed by atoms with Gasteiger partial charge in [-0.25, -0.2) is 9.78 Å². The second-order valence-electron chi connectivity index (χ2n) is 4.84. The molecule has 0 amide bonds. The molecule has 6 heteroatoms. The lowest BCUT2D eigenvalue weighted by Gasteiger charge is -2.09. The predicted octanol–water partition coefficient (Wildman–Crippen LogP) is 3.14. The van der Waals surface area contributed by atoms with Gasteiger partial charge in [-0.15, -0.1) is 0 Å². The van der Waals surface area contributed by atoms with Gasteiger partial charge in [0.2, 0.25) is 5.95 Å². The molecule has 1 aromatic heterocycles. The summed E-state index contributed by atoms with van der Waals surface area (Å²) in [5.74, 6) is 0.955. The molecule has 0 saturated heterocycles. The Labute approximate surface area is 129 Å². The number of anilines is 3. The normalized spacial score (nSPS) is 10.1. The molecular formula is C16H20N4O2. The Morgan fingerprint density at radius 1 is 1.23 bits per heavy atom.